The summed E-state index contributed by atoms with van der Waals surface area (Å²) in [6, 6.07) is 15.4. The molecule has 0 saturated carbocycles. The normalized spacial score (nSPS) is 10.3. The first-order valence-corrected chi connectivity index (χ1v) is 6.33. The monoisotopic (exact) mass is 279 g/mol. The smallest absolute Gasteiger partial charge is 0.257 e. The third kappa shape index (κ3) is 2.79. The number of hydrogen-bond acceptors (Lipinski definition) is 4. The average molecular weight is 279 g/mol. The Hall–Kier alpha value is -3.00. The van der Waals surface area contributed by atoms with Crippen LogP contribution in [0.1, 0.15) is 17.0 Å². The Morgan fingerprint density at radius 1 is 1.10 bits per heavy atom. The first-order chi connectivity index (χ1) is 10.3. The predicted octanol–water partition coefficient (Wildman–Crippen LogP) is 3.34. The molecule has 0 aliphatic carbocycles. The lowest BCUT2D eigenvalue weighted by Crippen LogP contribution is -1.94. The Morgan fingerprint density at radius 3 is 2.57 bits per heavy atom. The quantitative estimate of drug-likeness (QED) is 0.737. The average Bonchev–Trinajstić information content (AvgIpc) is 2.98. The van der Waals surface area contributed by atoms with Gasteiger partial charge in [-0.3, -0.25) is 0 Å². The third-order valence-corrected chi connectivity index (χ3v) is 3.04. The molecule has 0 bridgehead atoms. The van der Waals surface area contributed by atoms with Gasteiger partial charge in [-0.15, -0.1) is 0 Å². The van der Waals surface area contributed by atoms with Crippen molar-refractivity contribution in [2.75, 3.05) is 0 Å². The molecule has 0 aliphatic rings. The van der Waals surface area contributed by atoms with Gasteiger partial charge in [0.2, 0.25) is 0 Å². The van der Waals surface area contributed by atoms with Crippen molar-refractivity contribution in [2.24, 2.45) is 0 Å². The van der Waals surface area contributed by atoms with E-state index in [4.69, 9.17) is 9.78 Å². The summed E-state index contributed by atoms with van der Waals surface area (Å²) in [5, 5.41) is 12.6. The second kappa shape index (κ2) is 5.55. The second-order valence-corrected chi connectivity index (χ2v) is 4.47. The fraction of sp³-hybridized carbons (Fsp3) is 0.0625. The highest BCUT2D eigenvalue weighted by Crippen LogP contribution is 2.19. The molecule has 5 heteroatoms. The molecule has 0 amide bonds. The summed E-state index contributed by atoms with van der Waals surface area (Å²) in [7, 11) is 0. The zero-order chi connectivity index (χ0) is 14.7. The summed E-state index contributed by atoms with van der Waals surface area (Å²) in [5.74, 6) is 0.479. The molecule has 0 N–H and O–H groups in total. The molecule has 2 aromatic carbocycles. The van der Waals surface area contributed by atoms with Gasteiger partial charge < -0.3 is 4.52 Å². The van der Waals surface area contributed by atoms with Crippen LogP contribution in [0, 0.1) is 17.1 Å². The van der Waals surface area contributed by atoms with Crippen molar-refractivity contribution in [1.29, 1.82) is 5.26 Å². The highest BCUT2D eigenvalue weighted by molar-refractivity contribution is 5.54. The van der Waals surface area contributed by atoms with Crippen molar-refractivity contribution in [3.05, 3.63) is 71.3 Å². The van der Waals surface area contributed by atoms with E-state index in [1.54, 1.807) is 42.5 Å². The van der Waals surface area contributed by atoms with Gasteiger partial charge in [0.05, 0.1) is 11.6 Å². The lowest BCUT2D eigenvalue weighted by atomic mass is 10.1. The molecule has 1 aromatic heterocycles. The van der Waals surface area contributed by atoms with E-state index in [1.165, 1.54) is 6.07 Å². The van der Waals surface area contributed by atoms with Gasteiger partial charge in [-0.2, -0.15) is 10.2 Å². The maximum absolute atomic E-state index is 13.6. The molecule has 3 rings (SSSR count). The van der Waals surface area contributed by atoms with Crippen LogP contribution in [0.25, 0.3) is 11.5 Å². The van der Waals surface area contributed by atoms with Crippen LogP contribution in [-0.4, -0.2) is 10.1 Å². The lowest BCUT2D eigenvalue weighted by Gasteiger charge is -1.97. The molecule has 0 saturated heterocycles. The Balaban J connectivity index is 1.83. The fourth-order valence-corrected chi connectivity index (χ4v) is 1.94. The molecule has 1 heterocycles. The van der Waals surface area contributed by atoms with E-state index in [0.29, 0.717) is 22.8 Å². The number of rotatable bonds is 3. The van der Waals surface area contributed by atoms with E-state index in [0.717, 1.165) is 5.56 Å². The SMILES string of the molecule is N#Cc1ccc(-c2nc(Cc3ccccc3F)no2)cc1. The minimum absolute atomic E-state index is 0.270. The first-order valence-electron chi connectivity index (χ1n) is 6.33. The minimum Gasteiger partial charge on any atom is -0.334 e. The van der Waals surface area contributed by atoms with E-state index in [-0.39, 0.29) is 12.2 Å². The molecule has 0 aliphatic heterocycles. The van der Waals surface area contributed by atoms with Gasteiger partial charge in [0.15, 0.2) is 5.82 Å². The zero-order valence-electron chi connectivity index (χ0n) is 11.0. The van der Waals surface area contributed by atoms with Crippen molar-refractivity contribution in [3.8, 4) is 17.5 Å². The van der Waals surface area contributed by atoms with Crippen LogP contribution in [0.2, 0.25) is 0 Å². The summed E-state index contributed by atoms with van der Waals surface area (Å²) in [6.07, 6.45) is 0.270. The predicted molar refractivity (Wildman–Crippen MR) is 73.7 cm³/mol. The van der Waals surface area contributed by atoms with Crippen LogP contribution in [0.15, 0.2) is 53.1 Å². The lowest BCUT2D eigenvalue weighted by molar-refractivity contribution is 0.423. The fourth-order valence-electron chi connectivity index (χ4n) is 1.94. The van der Waals surface area contributed by atoms with Crippen molar-refractivity contribution >= 4 is 0 Å². The molecule has 3 aromatic rings. The van der Waals surface area contributed by atoms with Crippen molar-refractivity contribution in [1.82, 2.24) is 10.1 Å². The van der Waals surface area contributed by atoms with Crippen molar-refractivity contribution in [2.45, 2.75) is 6.42 Å². The van der Waals surface area contributed by atoms with Gasteiger partial charge in [-0.25, -0.2) is 4.39 Å². The maximum atomic E-state index is 13.6. The molecule has 102 valence electrons. The van der Waals surface area contributed by atoms with Gasteiger partial charge in [-0.05, 0) is 35.9 Å². The van der Waals surface area contributed by atoms with Gasteiger partial charge >= 0.3 is 0 Å². The molecule has 0 spiro atoms. The zero-order valence-corrected chi connectivity index (χ0v) is 11.0. The number of aromatic nitrogens is 2. The van der Waals surface area contributed by atoms with E-state index < -0.39 is 0 Å². The van der Waals surface area contributed by atoms with Crippen LogP contribution in [0.4, 0.5) is 4.39 Å². The number of nitriles is 1. The molecule has 0 fully saturated rings. The van der Waals surface area contributed by atoms with Crippen LogP contribution in [0.3, 0.4) is 0 Å². The molecule has 0 radical (unpaired) electrons. The topological polar surface area (TPSA) is 62.7 Å². The van der Waals surface area contributed by atoms with Crippen LogP contribution < -0.4 is 0 Å². The Bertz CT molecular complexity index is 803. The van der Waals surface area contributed by atoms with Crippen molar-refractivity contribution in [3.63, 3.8) is 0 Å². The van der Waals surface area contributed by atoms with Crippen LogP contribution in [0.5, 0.6) is 0 Å². The second-order valence-electron chi connectivity index (χ2n) is 4.47. The molecule has 21 heavy (non-hydrogen) atoms. The van der Waals surface area contributed by atoms with Crippen LogP contribution in [-0.2, 0) is 6.42 Å². The van der Waals surface area contributed by atoms with Gasteiger partial charge in [0, 0.05) is 12.0 Å². The Kier molecular flexibility index (Phi) is 3.44. The highest BCUT2D eigenvalue weighted by Gasteiger charge is 2.11. The molecule has 0 unspecified atom stereocenters. The first kappa shape index (κ1) is 13.0. The number of hydrogen-bond donors (Lipinski definition) is 0. The minimum atomic E-state index is -0.290. The van der Waals surface area contributed by atoms with Crippen molar-refractivity contribution < 1.29 is 8.91 Å². The number of benzene rings is 2. The Labute approximate surface area is 120 Å². The number of nitrogens with zero attached hydrogens (tertiary/aromatic N) is 3. The van der Waals surface area contributed by atoms with E-state index >= 15 is 0 Å². The summed E-state index contributed by atoms with van der Waals surface area (Å²) in [6.45, 7) is 0. The number of halogens is 1. The third-order valence-electron chi connectivity index (χ3n) is 3.04. The van der Waals surface area contributed by atoms with Gasteiger partial charge in [0.1, 0.15) is 5.82 Å². The molecular formula is C16H10FN3O. The summed E-state index contributed by atoms with van der Waals surface area (Å²) in [4.78, 5) is 4.25. The van der Waals surface area contributed by atoms with E-state index in [1.807, 2.05) is 6.07 Å². The standard InChI is InChI=1S/C16H10FN3O/c17-14-4-2-1-3-13(14)9-15-19-16(21-20-15)12-7-5-11(10-18)6-8-12/h1-8H,9H2. The summed E-state index contributed by atoms with van der Waals surface area (Å²) < 4.78 is 18.7. The summed E-state index contributed by atoms with van der Waals surface area (Å²) in [5.41, 5.74) is 1.80. The maximum Gasteiger partial charge on any atom is 0.257 e. The van der Waals surface area contributed by atoms with Gasteiger partial charge in [0.25, 0.3) is 5.89 Å². The molecular weight excluding hydrogens is 269 g/mol. The Morgan fingerprint density at radius 2 is 1.86 bits per heavy atom. The summed E-state index contributed by atoms with van der Waals surface area (Å²) >= 11 is 0. The van der Waals surface area contributed by atoms with Gasteiger partial charge in [-0.1, -0.05) is 23.4 Å². The molecule has 4 nitrogen and oxygen atoms in total. The van der Waals surface area contributed by atoms with Crippen LogP contribution >= 0.6 is 0 Å². The highest BCUT2D eigenvalue weighted by atomic mass is 19.1. The molecule has 0 atom stereocenters. The van der Waals surface area contributed by atoms with E-state index in [2.05, 4.69) is 10.1 Å². The largest absolute Gasteiger partial charge is 0.334 e. The van der Waals surface area contributed by atoms with E-state index in [9.17, 15) is 4.39 Å².